The highest BCUT2D eigenvalue weighted by Crippen LogP contribution is 2.16. The van der Waals surface area contributed by atoms with Crippen LogP contribution in [0.4, 0.5) is 0 Å². The monoisotopic (exact) mass is 116 g/mol. The third kappa shape index (κ3) is 1.20. The summed E-state index contributed by atoms with van der Waals surface area (Å²) in [4.78, 5) is 0. The van der Waals surface area contributed by atoms with Crippen LogP contribution in [0.1, 0.15) is 13.3 Å². The van der Waals surface area contributed by atoms with Crippen molar-refractivity contribution in [3.63, 3.8) is 0 Å². The quantitative estimate of drug-likeness (QED) is 0.499. The van der Waals surface area contributed by atoms with Crippen molar-refractivity contribution in [3.05, 3.63) is 0 Å². The minimum Gasteiger partial charge on any atom is -0.372 e. The highest BCUT2D eigenvalue weighted by molar-refractivity contribution is 4.67. The molecule has 1 aliphatic rings. The molecule has 0 radical (unpaired) electrons. The van der Waals surface area contributed by atoms with Crippen LogP contribution < -0.4 is 5.73 Å². The van der Waals surface area contributed by atoms with Gasteiger partial charge < -0.3 is 10.5 Å². The molecule has 8 heavy (non-hydrogen) atoms. The molecular formula is C6H14NO+. The Morgan fingerprint density at radius 1 is 1.75 bits per heavy atom. The largest absolute Gasteiger partial charge is 0.372 e. The third-order valence-electron chi connectivity index (χ3n) is 1.60. The van der Waals surface area contributed by atoms with Crippen LogP contribution in [0.15, 0.2) is 0 Å². The lowest BCUT2D eigenvalue weighted by molar-refractivity contribution is -0.383. The molecule has 1 rings (SSSR count). The Balaban J connectivity index is 2.22. The zero-order chi connectivity index (χ0) is 5.98. The highest BCUT2D eigenvalue weighted by atomic mass is 16.5. The molecule has 48 valence electrons. The average Bonchev–Trinajstić information content (AvgIpc) is 2.14. The van der Waals surface area contributed by atoms with E-state index in [0.717, 1.165) is 19.1 Å². The predicted molar refractivity (Wildman–Crippen MR) is 31.3 cm³/mol. The first-order chi connectivity index (χ1) is 3.83. The zero-order valence-electron chi connectivity index (χ0n) is 5.39. The Bertz CT molecular complexity index is 74.9. The van der Waals surface area contributed by atoms with Gasteiger partial charge in [0.2, 0.25) is 0 Å². The van der Waals surface area contributed by atoms with Gasteiger partial charge >= 0.3 is 0 Å². The maximum Gasteiger partial charge on any atom is 0.106 e. The van der Waals surface area contributed by atoms with Gasteiger partial charge in [-0.1, -0.05) is 6.92 Å². The summed E-state index contributed by atoms with van der Waals surface area (Å²) in [6.45, 7) is 4.10. The third-order valence-corrected chi connectivity index (χ3v) is 1.60. The second kappa shape index (κ2) is 2.46. The number of quaternary nitrogens is 1. The van der Waals surface area contributed by atoms with Crippen molar-refractivity contribution < 1.29 is 10.5 Å². The Hall–Kier alpha value is -0.0800. The van der Waals surface area contributed by atoms with Crippen LogP contribution in [0.25, 0.3) is 0 Å². The van der Waals surface area contributed by atoms with Gasteiger partial charge in [0.05, 0.1) is 0 Å². The summed E-state index contributed by atoms with van der Waals surface area (Å²) in [7, 11) is 0. The van der Waals surface area contributed by atoms with Crippen molar-refractivity contribution in [2.45, 2.75) is 19.4 Å². The van der Waals surface area contributed by atoms with Gasteiger partial charge in [0.1, 0.15) is 12.6 Å². The van der Waals surface area contributed by atoms with Crippen LogP contribution in [0.2, 0.25) is 0 Å². The second-order valence-electron chi connectivity index (χ2n) is 2.58. The first-order valence-electron chi connectivity index (χ1n) is 3.23. The Morgan fingerprint density at radius 3 is 2.75 bits per heavy atom. The van der Waals surface area contributed by atoms with Crippen molar-refractivity contribution in [1.82, 2.24) is 0 Å². The summed E-state index contributed by atoms with van der Waals surface area (Å²) >= 11 is 0. The highest BCUT2D eigenvalue weighted by Gasteiger charge is 2.21. The lowest BCUT2D eigenvalue weighted by Crippen LogP contribution is -2.55. The summed E-state index contributed by atoms with van der Waals surface area (Å²) < 4.78 is 5.35. The van der Waals surface area contributed by atoms with Crippen molar-refractivity contribution in [1.29, 1.82) is 0 Å². The van der Waals surface area contributed by atoms with Crippen molar-refractivity contribution >= 4 is 0 Å². The van der Waals surface area contributed by atoms with Crippen LogP contribution in [-0.4, -0.2) is 19.3 Å². The minimum atomic E-state index is 0.463. The average molecular weight is 116 g/mol. The van der Waals surface area contributed by atoms with E-state index in [4.69, 9.17) is 4.74 Å². The topological polar surface area (TPSA) is 36.9 Å². The van der Waals surface area contributed by atoms with Crippen LogP contribution >= 0.6 is 0 Å². The summed E-state index contributed by atoms with van der Waals surface area (Å²) in [5.41, 5.74) is 3.78. The van der Waals surface area contributed by atoms with Crippen LogP contribution in [-0.2, 0) is 4.74 Å². The van der Waals surface area contributed by atoms with Gasteiger partial charge in [-0.05, 0) is 12.3 Å². The molecule has 1 saturated heterocycles. The molecule has 0 aromatic heterocycles. The van der Waals surface area contributed by atoms with E-state index in [9.17, 15) is 0 Å². The van der Waals surface area contributed by atoms with Crippen molar-refractivity contribution in [2.24, 2.45) is 5.92 Å². The lowest BCUT2D eigenvalue weighted by atomic mass is 10.1. The number of rotatable bonds is 1. The predicted octanol–water partition coefficient (Wildman–Crippen LogP) is -0.347. The van der Waals surface area contributed by atoms with E-state index in [-0.39, 0.29) is 0 Å². The molecule has 0 spiro atoms. The fourth-order valence-corrected chi connectivity index (χ4v) is 1.09. The maximum absolute atomic E-state index is 5.35. The molecule has 2 nitrogen and oxygen atoms in total. The molecule has 2 unspecified atom stereocenters. The Kier molecular flexibility index (Phi) is 1.86. The molecule has 3 N–H and O–H groups in total. The molecule has 0 amide bonds. The van der Waals surface area contributed by atoms with E-state index < -0.39 is 0 Å². The van der Waals surface area contributed by atoms with Crippen LogP contribution in [0.5, 0.6) is 0 Å². The molecular weight excluding hydrogens is 102 g/mol. The molecule has 2 atom stereocenters. The van der Waals surface area contributed by atoms with Crippen molar-refractivity contribution in [3.8, 4) is 0 Å². The molecule has 2 heteroatoms. The maximum atomic E-state index is 5.35. The van der Waals surface area contributed by atoms with E-state index >= 15 is 0 Å². The zero-order valence-corrected chi connectivity index (χ0v) is 5.39. The SMILES string of the molecule is CC1COC(C[NH3+])C1. The number of hydrogen-bond donors (Lipinski definition) is 1. The fraction of sp³-hybridized carbons (Fsp3) is 1.00. The van der Waals surface area contributed by atoms with Crippen molar-refractivity contribution in [2.75, 3.05) is 13.2 Å². The molecule has 0 aromatic carbocycles. The second-order valence-corrected chi connectivity index (χ2v) is 2.58. The van der Waals surface area contributed by atoms with Gasteiger partial charge in [0, 0.05) is 6.61 Å². The van der Waals surface area contributed by atoms with Gasteiger partial charge in [-0.2, -0.15) is 0 Å². The van der Waals surface area contributed by atoms with Gasteiger partial charge in [-0.15, -0.1) is 0 Å². The summed E-state index contributed by atoms with van der Waals surface area (Å²) in [6.07, 6.45) is 1.67. The van der Waals surface area contributed by atoms with E-state index in [1.165, 1.54) is 6.42 Å². The smallest absolute Gasteiger partial charge is 0.106 e. The van der Waals surface area contributed by atoms with Gasteiger partial charge in [-0.3, -0.25) is 0 Å². The molecule has 0 aliphatic carbocycles. The summed E-state index contributed by atoms with van der Waals surface area (Å²) in [5.74, 6) is 0.766. The first kappa shape index (κ1) is 6.05. The fourth-order valence-electron chi connectivity index (χ4n) is 1.09. The Morgan fingerprint density at radius 2 is 2.50 bits per heavy atom. The molecule has 1 aliphatic heterocycles. The van der Waals surface area contributed by atoms with E-state index in [1.54, 1.807) is 0 Å². The molecule has 1 heterocycles. The number of hydrogen-bond acceptors (Lipinski definition) is 1. The Labute approximate surface area is 50.0 Å². The van der Waals surface area contributed by atoms with Gasteiger partial charge in [0.15, 0.2) is 0 Å². The molecule has 1 fully saturated rings. The molecule has 0 saturated carbocycles. The lowest BCUT2D eigenvalue weighted by Gasteiger charge is -1.99. The van der Waals surface area contributed by atoms with Gasteiger partial charge in [-0.25, -0.2) is 0 Å². The number of ether oxygens (including phenoxy) is 1. The standard InChI is InChI=1S/C6H13NO/c1-5-2-6(3-7)8-4-5/h5-6H,2-4,7H2,1H3/p+1. The van der Waals surface area contributed by atoms with Crippen LogP contribution in [0.3, 0.4) is 0 Å². The molecule has 0 bridgehead atoms. The van der Waals surface area contributed by atoms with Crippen LogP contribution in [0, 0.1) is 5.92 Å². The van der Waals surface area contributed by atoms with E-state index in [0.29, 0.717) is 6.10 Å². The first-order valence-corrected chi connectivity index (χ1v) is 3.23. The minimum absolute atomic E-state index is 0.463. The summed E-state index contributed by atoms with van der Waals surface area (Å²) in [6, 6.07) is 0. The summed E-state index contributed by atoms with van der Waals surface area (Å²) in [5, 5.41) is 0. The normalized spacial score (nSPS) is 38.2. The van der Waals surface area contributed by atoms with E-state index in [2.05, 4.69) is 12.7 Å². The van der Waals surface area contributed by atoms with Gasteiger partial charge in [0.25, 0.3) is 0 Å². The molecule has 0 aromatic rings. The van der Waals surface area contributed by atoms with E-state index in [1.807, 2.05) is 0 Å².